The summed E-state index contributed by atoms with van der Waals surface area (Å²) in [7, 11) is 2.19. The second-order valence-electron chi connectivity index (χ2n) is 13.9. The summed E-state index contributed by atoms with van der Waals surface area (Å²) >= 11 is 0. The standard InChI is InChI=1S/C49H33N3/c1-50-44-25-21-32(33-22-26-47-42(29-33)38-16-8-10-18-45(38)51(47)36-12-4-2-5-13-36)28-41(44)40-24-20-35(31-49(40)50)34-23-27-48-43(30-34)39-17-9-11-19-46(39)52(48)37-14-6-3-7-15-37/h2-31H,1H3. The Kier molecular flexibility index (Phi) is 6.17. The van der Waals surface area contributed by atoms with Crippen molar-refractivity contribution in [1.82, 2.24) is 13.7 Å². The van der Waals surface area contributed by atoms with E-state index in [9.17, 15) is 0 Å². The average Bonchev–Trinajstić information content (AvgIpc) is 3.83. The highest BCUT2D eigenvalue weighted by Crippen LogP contribution is 2.39. The lowest BCUT2D eigenvalue weighted by molar-refractivity contribution is 1.01. The molecule has 8 aromatic carbocycles. The van der Waals surface area contributed by atoms with Crippen LogP contribution in [0.15, 0.2) is 182 Å². The molecule has 0 unspecified atom stereocenters. The van der Waals surface area contributed by atoms with E-state index >= 15 is 0 Å². The molecule has 0 bridgehead atoms. The summed E-state index contributed by atoms with van der Waals surface area (Å²) in [5.74, 6) is 0. The average molecular weight is 664 g/mol. The molecule has 52 heavy (non-hydrogen) atoms. The van der Waals surface area contributed by atoms with E-state index < -0.39 is 0 Å². The maximum Gasteiger partial charge on any atom is 0.0541 e. The van der Waals surface area contributed by atoms with Crippen LogP contribution in [0.2, 0.25) is 0 Å². The van der Waals surface area contributed by atoms with E-state index in [1.165, 1.54) is 99.0 Å². The van der Waals surface area contributed by atoms with Gasteiger partial charge in [-0.3, -0.25) is 0 Å². The lowest BCUT2D eigenvalue weighted by Gasteiger charge is -2.08. The van der Waals surface area contributed by atoms with Crippen LogP contribution in [0.1, 0.15) is 0 Å². The zero-order valence-electron chi connectivity index (χ0n) is 28.7. The zero-order valence-corrected chi connectivity index (χ0v) is 28.7. The number of rotatable bonds is 4. The molecule has 0 spiro atoms. The summed E-state index contributed by atoms with van der Waals surface area (Å²) < 4.78 is 7.09. The lowest BCUT2D eigenvalue weighted by Crippen LogP contribution is -1.92. The zero-order chi connectivity index (χ0) is 34.3. The Balaban J connectivity index is 1.03. The summed E-state index contributed by atoms with van der Waals surface area (Å²) in [6.45, 7) is 0. The normalized spacial score (nSPS) is 11.9. The topological polar surface area (TPSA) is 14.8 Å². The van der Waals surface area contributed by atoms with Crippen molar-refractivity contribution >= 4 is 65.4 Å². The molecular formula is C49H33N3. The van der Waals surface area contributed by atoms with Gasteiger partial charge in [0, 0.05) is 61.8 Å². The highest BCUT2D eigenvalue weighted by Gasteiger charge is 2.17. The van der Waals surface area contributed by atoms with Crippen LogP contribution in [-0.4, -0.2) is 13.7 Å². The van der Waals surface area contributed by atoms with Crippen molar-refractivity contribution in [2.45, 2.75) is 0 Å². The third kappa shape index (κ3) is 4.20. The van der Waals surface area contributed by atoms with E-state index in [1.807, 2.05) is 0 Å². The third-order valence-electron chi connectivity index (χ3n) is 11.0. The first-order valence-corrected chi connectivity index (χ1v) is 17.9. The molecule has 0 saturated heterocycles. The molecule has 0 saturated carbocycles. The number of aromatic nitrogens is 3. The first-order valence-electron chi connectivity index (χ1n) is 17.9. The second kappa shape index (κ2) is 11.1. The van der Waals surface area contributed by atoms with E-state index in [4.69, 9.17) is 0 Å². The van der Waals surface area contributed by atoms with Gasteiger partial charge in [-0.15, -0.1) is 0 Å². The number of hydrogen-bond donors (Lipinski definition) is 0. The maximum atomic E-state index is 2.37. The Bertz CT molecular complexity index is 3180. The van der Waals surface area contributed by atoms with Crippen molar-refractivity contribution in [2.75, 3.05) is 0 Å². The Labute approximate surface area is 300 Å². The number of nitrogens with zero attached hydrogens (tertiary/aromatic N) is 3. The molecule has 0 fully saturated rings. The lowest BCUT2D eigenvalue weighted by atomic mass is 9.99. The molecule has 3 heteroatoms. The highest BCUT2D eigenvalue weighted by molar-refractivity contribution is 6.13. The van der Waals surface area contributed by atoms with Gasteiger partial charge in [-0.05, 0) is 101 Å². The van der Waals surface area contributed by atoms with Crippen LogP contribution in [0, 0.1) is 0 Å². The Hall–Kier alpha value is -6.84. The van der Waals surface area contributed by atoms with Crippen LogP contribution in [0.3, 0.4) is 0 Å². The van der Waals surface area contributed by atoms with Crippen molar-refractivity contribution in [2.24, 2.45) is 7.05 Å². The molecule has 0 aliphatic carbocycles. The Morgan fingerprint density at radius 1 is 0.269 bits per heavy atom. The molecule has 3 nitrogen and oxygen atoms in total. The van der Waals surface area contributed by atoms with Gasteiger partial charge in [-0.25, -0.2) is 0 Å². The molecule has 0 radical (unpaired) electrons. The third-order valence-corrected chi connectivity index (χ3v) is 11.0. The van der Waals surface area contributed by atoms with Gasteiger partial charge in [0.1, 0.15) is 0 Å². The number of aryl methyl sites for hydroxylation is 1. The van der Waals surface area contributed by atoms with E-state index in [0.717, 1.165) is 0 Å². The number of benzene rings is 8. The molecule has 11 rings (SSSR count). The fourth-order valence-corrected chi connectivity index (χ4v) is 8.59. The summed E-state index contributed by atoms with van der Waals surface area (Å²) in [5.41, 5.74) is 14.6. The fraction of sp³-hybridized carbons (Fsp3) is 0.0204. The van der Waals surface area contributed by atoms with Crippen LogP contribution < -0.4 is 0 Å². The minimum Gasteiger partial charge on any atom is -0.344 e. The highest BCUT2D eigenvalue weighted by atomic mass is 15.0. The van der Waals surface area contributed by atoms with Crippen LogP contribution >= 0.6 is 0 Å². The van der Waals surface area contributed by atoms with Gasteiger partial charge in [0.05, 0.1) is 22.1 Å². The second-order valence-corrected chi connectivity index (χ2v) is 13.9. The number of fused-ring (bicyclic) bond motifs is 9. The molecule has 0 atom stereocenters. The molecule has 11 aromatic rings. The molecule has 0 N–H and O–H groups in total. The van der Waals surface area contributed by atoms with Crippen molar-refractivity contribution in [1.29, 1.82) is 0 Å². The molecule has 0 aliphatic rings. The first-order chi connectivity index (χ1) is 25.7. The quantitative estimate of drug-likeness (QED) is 0.178. The predicted molar refractivity (Wildman–Crippen MR) is 220 cm³/mol. The monoisotopic (exact) mass is 663 g/mol. The van der Waals surface area contributed by atoms with Crippen molar-refractivity contribution in [3.8, 4) is 33.6 Å². The molecule has 244 valence electrons. The Morgan fingerprint density at radius 2 is 0.635 bits per heavy atom. The van der Waals surface area contributed by atoms with Gasteiger partial charge < -0.3 is 13.7 Å². The predicted octanol–water partition coefficient (Wildman–Crippen LogP) is 12.9. The van der Waals surface area contributed by atoms with Crippen molar-refractivity contribution < 1.29 is 0 Å². The largest absolute Gasteiger partial charge is 0.344 e. The molecular weight excluding hydrogens is 631 g/mol. The SMILES string of the molecule is Cn1c2ccc(-c3ccc4c(c3)c3ccccc3n4-c3ccccc3)cc2c2ccc(-c3ccc4c(c3)c3ccccc3n4-c3ccccc3)cc21. The van der Waals surface area contributed by atoms with Gasteiger partial charge in [0.15, 0.2) is 0 Å². The minimum absolute atomic E-state index is 1.18. The smallest absolute Gasteiger partial charge is 0.0541 e. The van der Waals surface area contributed by atoms with Gasteiger partial charge in [0.25, 0.3) is 0 Å². The van der Waals surface area contributed by atoms with Crippen molar-refractivity contribution in [3.63, 3.8) is 0 Å². The first kappa shape index (κ1) is 28.9. The number of hydrogen-bond acceptors (Lipinski definition) is 0. The summed E-state index contributed by atoms with van der Waals surface area (Å²) in [5, 5.41) is 7.61. The summed E-state index contributed by atoms with van der Waals surface area (Å²) in [6.07, 6.45) is 0. The van der Waals surface area contributed by atoms with Crippen LogP contribution in [0.4, 0.5) is 0 Å². The van der Waals surface area contributed by atoms with E-state index in [-0.39, 0.29) is 0 Å². The van der Waals surface area contributed by atoms with Gasteiger partial charge in [-0.2, -0.15) is 0 Å². The van der Waals surface area contributed by atoms with E-state index in [1.54, 1.807) is 0 Å². The fourth-order valence-electron chi connectivity index (χ4n) is 8.59. The van der Waals surface area contributed by atoms with Crippen molar-refractivity contribution in [3.05, 3.63) is 182 Å². The van der Waals surface area contributed by atoms with E-state index in [0.29, 0.717) is 0 Å². The van der Waals surface area contributed by atoms with Gasteiger partial charge in [-0.1, -0.05) is 103 Å². The van der Waals surface area contributed by atoms with E-state index in [2.05, 4.69) is 203 Å². The Morgan fingerprint density at radius 3 is 1.15 bits per heavy atom. The van der Waals surface area contributed by atoms with Gasteiger partial charge >= 0.3 is 0 Å². The van der Waals surface area contributed by atoms with Gasteiger partial charge in [0.2, 0.25) is 0 Å². The molecule has 0 aliphatic heterocycles. The van der Waals surface area contributed by atoms with Crippen LogP contribution in [0.25, 0.3) is 99.0 Å². The molecule has 3 aromatic heterocycles. The minimum atomic E-state index is 1.18. The maximum absolute atomic E-state index is 2.37. The number of para-hydroxylation sites is 4. The molecule has 3 heterocycles. The summed E-state index contributed by atoms with van der Waals surface area (Å²) in [4.78, 5) is 0. The molecule has 0 amide bonds. The van der Waals surface area contributed by atoms with Crippen LogP contribution in [0.5, 0.6) is 0 Å². The van der Waals surface area contributed by atoms with Crippen LogP contribution in [-0.2, 0) is 7.05 Å². The summed E-state index contributed by atoms with van der Waals surface area (Å²) in [6, 6.07) is 66.5.